The van der Waals surface area contributed by atoms with Gasteiger partial charge in [0.1, 0.15) is 22.7 Å². The number of aldehydes is 1. The summed E-state index contributed by atoms with van der Waals surface area (Å²) < 4.78 is 11.2. The third kappa shape index (κ3) is 2.42. The number of aryl methyl sites for hydroxylation is 1. The van der Waals surface area contributed by atoms with Crippen LogP contribution in [0.1, 0.15) is 48.7 Å². The fourth-order valence-electron chi connectivity index (χ4n) is 2.89. The number of phenolic OH excluding ortho intramolecular Hbond substituents is 1. The molecule has 5 heteroatoms. The van der Waals surface area contributed by atoms with Gasteiger partial charge in [0.05, 0.1) is 10.9 Å². The predicted octanol–water partition coefficient (Wildman–Crippen LogP) is 3.45. The first-order valence-electron chi connectivity index (χ1n) is 7.57. The SMILES string of the molecule is CCCc1cc(=O)oc2c(C=O)c(O)c3c(c12)OC(C)(C)C=C3. The van der Waals surface area contributed by atoms with Crippen LogP contribution in [0.3, 0.4) is 0 Å². The molecule has 0 unspecified atom stereocenters. The third-order valence-corrected chi connectivity index (χ3v) is 3.92. The molecule has 1 N–H and O–H groups in total. The number of fused-ring (bicyclic) bond motifs is 3. The van der Waals surface area contributed by atoms with Crippen LogP contribution < -0.4 is 10.4 Å². The van der Waals surface area contributed by atoms with Crippen LogP contribution in [0.25, 0.3) is 17.0 Å². The molecule has 0 saturated heterocycles. The van der Waals surface area contributed by atoms with Crippen molar-refractivity contribution in [3.8, 4) is 11.5 Å². The Kier molecular flexibility index (Phi) is 3.51. The van der Waals surface area contributed by atoms with E-state index in [-0.39, 0.29) is 16.9 Å². The van der Waals surface area contributed by atoms with E-state index in [0.717, 1.165) is 12.0 Å². The molecule has 5 nitrogen and oxygen atoms in total. The predicted molar refractivity (Wildman–Crippen MR) is 87.3 cm³/mol. The van der Waals surface area contributed by atoms with Crippen LogP contribution in [-0.2, 0) is 6.42 Å². The molecule has 1 aromatic heterocycles. The molecule has 120 valence electrons. The fraction of sp³-hybridized carbons (Fsp3) is 0.333. The lowest BCUT2D eigenvalue weighted by Crippen LogP contribution is -2.28. The number of carbonyl (C=O) groups excluding carboxylic acids is 1. The van der Waals surface area contributed by atoms with E-state index in [1.165, 1.54) is 6.07 Å². The van der Waals surface area contributed by atoms with E-state index >= 15 is 0 Å². The maximum Gasteiger partial charge on any atom is 0.336 e. The lowest BCUT2D eigenvalue weighted by Gasteiger charge is -2.29. The van der Waals surface area contributed by atoms with Gasteiger partial charge in [-0.15, -0.1) is 0 Å². The van der Waals surface area contributed by atoms with Crippen LogP contribution in [0.15, 0.2) is 21.4 Å². The monoisotopic (exact) mass is 314 g/mol. The van der Waals surface area contributed by atoms with Gasteiger partial charge < -0.3 is 14.3 Å². The number of carbonyl (C=O) groups is 1. The standard InChI is InChI=1S/C18H18O5/c1-4-5-10-8-13(20)22-16-12(9-19)15(21)11-6-7-18(2,3)23-17(11)14(10)16/h6-9,21H,4-5H2,1-3H3. The zero-order valence-electron chi connectivity index (χ0n) is 13.3. The molecule has 0 atom stereocenters. The van der Waals surface area contributed by atoms with E-state index in [2.05, 4.69) is 0 Å². The maximum atomic E-state index is 11.8. The smallest absolute Gasteiger partial charge is 0.336 e. The maximum absolute atomic E-state index is 11.8. The minimum Gasteiger partial charge on any atom is -0.506 e. The highest BCUT2D eigenvalue weighted by atomic mass is 16.5. The molecule has 0 radical (unpaired) electrons. The molecule has 0 saturated carbocycles. The average molecular weight is 314 g/mol. The first-order valence-corrected chi connectivity index (χ1v) is 7.57. The van der Waals surface area contributed by atoms with Gasteiger partial charge in [0.25, 0.3) is 0 Å². The average Bonchev–Trinajstić information content (AvgIpc) is 2.46. The van der Waals surface area contributed by atoms with Gasteiger partial charge in [0, 0.05) is 6.07 Å². The summed E-state index contributed by atoms with van der Waals surface area (Å²) in [5, 5.41) is 11.0. The molecular formula is C18H18O5. The van der Waals surface area contributed by atoms with Crippen molar-refractivity contribution in [1.29, 1.82) is 0 Å². The van der Waals surface area contributed by atoms with Crippen molar-refractivity contribution in [3.05, 3.63) is 39.3 Å². The van der Waals surface area contributed by atoms with Crippen molar-refractivity contribution in [1.82, 2.24) is 0 Å². The van der Waals surface area contributed by atoms with Crippen molar-refractivity contribution >= 4 is 23.3 Å². The molecule has 0 spiro atoms. The number of benzene rings is 1. The van der Waals surface area contributed by atoms with Crippen molar-refractivity contribution in [2.24, 2.45) is 0 Å². The van der Waals surface area contributed by atoms with Gasteiger partial charge in [-0.05, 0) is 38.0 Å². The minimum atomic E-state index is -0.561. The summed E-state index contributed by atoms with van der Waals surface area (Å²) in [7, 11) is 0. The number of hydrogen-bond acceptors (Lipinski definition) is 5. The molecule has 0 aliphatic carbocycles. The summed E-state index contributed by atoms with van der Waals surface area (Å²) >= 11 is 0. The Bertz CT molecular complexity index is 887. The van der Waals surface area contributed by atoms with Gasteiger partial charge in [0.15, 0.2) is 11.9 Å². The van der Waals surface area contributed by atoms with E-state index in [1.807, 2.05) is 26.8 Å². The highest BCUT2D eigenvalue weighted by molar-refractivity contribution is 6.05. The Morgan fingerprint density at radius 1 is 1.35 bits per heavy atom. The van der Waals surface area contributed by atoms with Gasteiger partial charge in [-0.1, -0.05) is 13.3 Å². The third-order valence-electron chi connectivity index (χ3n) is 3.92. The second kappa shape index (κ2) is 5.26. The van der Waals surface area contributed by atoms with Crippen molar-refractivity contribution in [2.45, 2.75) is 39.2 Å². The molecule has 2 heterocycles. The summed E-state index contributed by atoms with van der Waals surface area (Å²) in [5.41, 5.74) is 0.137. The summed E-state index contributed by atoms with van der Waals surface area (Å²) in [5.74, 6) is 0.217. The van der Waals surface area contributed by atoms with Crippen LogP contribution in [0.5, 0.6) is 11.5 Å². The van der Waals surface area contributed by atoms with E-state index in [1.54, 1.807) is 6.08 Å². The van der Waals surface area contributed by atoms with E-state index in [4.69, 9.17) is 9.15 Å². The van der Waals surface area contributed by atoms with Crippen LogP contribution in [0.4, 0.5) is 0 Å². The van der Waals surface area contributed by atoms with E-state index in [0.29, 0.717) is 29.4 Å². The molecule has 0 bridgehead atoms. The number of ether oxygens (including phenoxy) is 1. The molecule has 0 amide bonds. The number of phenols is 1. The van der Waals surface area contributed by atoms with Crippen molar-refractivity contribution < 1.29 is 19.1 Å². The van der Waals surface area contributed by atoms with Gasteiger partial charge in [-0.3, -0.25) is 4.79 Å². The molecule has 0 fully saturated rings. The Morgan fingerprint density at radius 2 is 2.09 bits per heavy atom. The van der Waals surface area contributed by atoms with Gasteiger partial charge in [-0.2, -0.15) is 0 Å². The summed E-state index contributed by atoms with van der Waals surface area (Å²) in [4.78, 5) is 23.3. The highest BCUT2D eigenvalue weighted by Crippen LogP contribution is 2.45. The quantitative estimate of drug-likeness (QED) is 0.693. The van der Waals surface area contributed by atoms with Crippen LogP contribution in [-0.4, -0.2) is 17.0 Å². The van der Waals surface area contributed by atoms with Crippen LogP contribution in [0, 0.1) is 0 Å². The Labute approximate surface area is 133 Å². The molecule has 1 aliphatic rings. The lowest BCUT2D eigenvalue weighted by molar-refractivity contribution is 0.112. The first kappa shape index (κ1) is 15.3. The van der Waals surface area contributed by atoms with E-state index < -0.39 is 11.2 Å². The first-order chi connectivity index (χ1) is 10.9. The number of hydrogen-bond donors (Lipinski definition) is 1. The van der Waals surface area contributed by atoms with E-state index in [9.17, 15) is 14.7 Å². The topological polar surface area (TPSA) is 76.7 Å². The molecule has 23 heavy (non-hydrogen) atoms. The zero-order valence-corrected chi connectivity index (χ0v) is 13.3. The largest absolute Gasteiger partial charge is 0.506 e. The zero-order chi connectivity index (χ0) is 16.8. The van der Waals surface area contributed by atoms with Gasteiger partial charge in [0.2, 0.25) is 0 Å². The Hall–Kier alpha value is -2.56. The Morgan fingerprint density at radius 3 is 2.74 bits per heavy atom. The number of rotatable bonds is 3. The molecule has 1 aliphatic heterocycles. The Balaban J connectivity index is 2.51. The van der Waals surface area contributed by atoms with Gasteiger partial charge in [-0.25, -0.2) is 4.79 Å². The minimum absolute atomic E-state index is 0.0261. The highest BCUT2D eigenvalue weighted by Gasteiger charge is 2.30. The van der Waals surface area contributed by atoms with Crippen molar-refractivity contribution in [3.63, 3.8) is 0 Å². The normalized spacial score (nSPS) is 15.3. The lowest BCUT2D eigenvalue weighted by atomic mass is 9.94. The van der Waals surface area contributed by atoms with Crippen LogP contribution in [0.2, 0.25) is 0 Å². The molecular weight excluding hydrogens is 296 g/mol. The van der Waals surface area contributed by atoms with Crippen LogP contribution >= 0.6 is 0 Å². The number of aromatic hydroxyl groups is 1. The molecule has 1 aromatic carbocycles. The second-order valence-corrected chi connectivity index (χ2v) is 6.21. The van der Waals surface area contributed by atoms with Crippen molar-refractivity contribution in [2.75, 3.05) is 0 Å². The molecule has 3 rings (SSSR count). The summed E-state index contributed by atoms with van der Waals surface area (Å²) in [6, 6.07) is 1.42. The fourth-order valence-corrected chi connectivity index (χ4v) is 2.89. The summed E-state index contributed by atoms with van der Waals surface area (Å²) in [6.07, 6.45) is 5.52. The summed E-state index contributed by atoms with van der Waals surface area (Å²) in [6.45, 7) is 5.78. The molecule has 2 aromatic rings. The second-order valence-electron chi connectivity index (χ2n) is 6.21. The van der Waals surface area contributed by atoms with Gasteiger partial charge >= 0.3 is 5.63 Å².